The van der Waals surface area contributed by atoms with Gasteiger partial charge in [0, 0.05) is 28.2 Å². The van der Waals surface area contributed by atoms with Crippen molar-refractivity contribution in [3.8, 4) is 11.3 Å². The number of carbonyl (C=O) groups is 1. The number of thiazole rings is 1. The van der Waals surface area contributed by atoms with Gasteiger partial charge < -0.3 is 5.11 Å². The van der Waals surface area contributed by atoms with Crippen molar-refractivity contribution in [2.24, 2.45) is 5.10 Å². The van der Waals surface area contributed by atoms with Crippen LogP contribution in [0.15, 0.2) is 64.6 Å². The van der Waals surface area contributed by atoms with E-state index in [1.807, 2.05) is 42.5 Å². The Morgan fingerprint density at radius 2 is 2.00 bits per heavy atom. The zero-order valence-corrected chi connectivity index (χ0v) is 18.3. The number of anilines is 1. The molecule has 154 valence electrons. The van der Waals surface area contributed by atoms with E-state index in [-0.39, 0.29) is 5.69 Å². The number of nitrogens with zero attached hydrogens (tertiary/aromatic N) is 3. The molecule has 0 atom stereocenters. The molecule has 0 fully saturated rings. The zero-order valence-electron chi connectivity index (χ0n) is 16.6. The minimum absolute atomic E-state index is 0.0796. The molecule has 2 aromatic carbocycles. The normalized spacial score (nSPS) is 14.5. The molecule has 0 saturated carbocycles. The highest BCUT2D eigenvalue weighted by Crippen LogP contribution is 2.34. The van der Waals surface area contributed by atoms with Gasteiger partial charge in [-0.2, -0.15) is 5.10 Å². The predicted molar refractivity (Wildman–Crippen MR) is 126 cm³/mol. The van der Waals surface area contributed by atoms with E-state index in [0.29, 0.717) is 11.3 Å². The lowest BCUT2D eigenvalue weighted by atomic mass is 10.0. The summed E-state index contributed by atoms with van der Waals surface area (Å²) >= 11 is 3.37. The predicted octanol–water partition coefficient (Wildman–Crippen LogP) is 5.68. The third-order valence-corrected chi connectivity index (χ3v) is 7.08. The average Bonchev–Trinajstić information content (AvgIpc) is 3.20. The van der Waals surface area contributed by atoms with Crippen molar-refractivity contribution in [1.29, 1.82) is 0 Å². The smallest absolute Gasteiger partial charge is 0.354 e. The summed E-state index contributed by atoms with van der Waals surface area (Å²) in [6.45, 7) is 1.75. The highest BCUT2D eigenvalue weighted by Gasteiger charge is 2.19. The van der Waals surface area contributed by atoms with Crippen LogP contribution in [-0.4, -0.2) is 32.5 Å². The van der Waals surface area contributed by atoms with E-state index in [1.165, 1.54) is 0 Å². The van der Waals surface area contributed by atoms with E-state index in [1.54, 1.807) is 36.1 Å². The molecule has 3 heterocycles. The van der Waals surface area contributed by atoms with Crippen LogP contribution in [0.4, 0.5) is 5.13 Å². The van der Waals surface area contributed by atoms with E-state index in [2.05, 4.69) is 26.6 Å². The number of nitrogens with one attached hydrogen (secondary N) is 1. The summed E-state index contributed by atoms with van der Waals surface area (Å²) in [5.41, 5.74) is 8.32. The molecule has 1 aliphatic rings. The third-order valence-electron chi connectivity index (χ3n) is 5.06. The van der Waals surface area contributed by atoms with Gasteiger partial charge in [-0.3, -0.25) is 5.43 Å². The largest absolute Gasteiger partial charge is 0.477 e. The molecule has 0 aliphatic carbocycles. The van der Waals surface area contributed by atoms with Crippen LogP contribution in [0, 0.1) is 6.92 Å². The molecule has 0 unspecified atom stereocenters. The minimum Gasteiger partial charge on any atom is -0.477 e. The van der Waals surface area contributed by atoms with Gasteiger partial charge in [-0.15, -0.1) is 11.8 Å². The van der Waals surface area contributed by atoms with Gasteiger partial charge in [0.05, 0.1) is 21.6 Å². The lowest BCUT2D eigenvalue weighted by Gasteiger charge is -2.18. The molecule has 0 radical (unpaired) electrons. The fraction of sp³-hybridized carbons (Fsp3) is 0.130. The summed E-state index contributed by atoms with van der Waals surface area (Å²) in [7, 11) is 0. The van der Waals surface area contributed by atoms with Crippen molar-refractivity contribution in [3.63, 3.8) is 0 Å². The number of aromatic carboxylic acids is 1. The van der Waals surface area contributed by atoms with Gasteiger partial charge in [-0.1, -0.05) is 35.6 Å². The van der Waals surface area contributed by atoms with Gasteiger partial charge in [0.15, 0.2) is 5.69 Å². The number of aryl methyl sites for hydroxylation is 1. The quantitative estimate of drug-likeness (QED) is 0.392. The van der Waals surface area contributed by atoms with Crippen LogP contribution in [-0.2, 0) is 0 Å². The second-order valence-corrected chi connectivity index (χ2v) is 9.30. The topological polar surface area (TPSA) is 87.5 Å². The van der Waals surface area contributed by atoms with Crippen LogP contribution in [0.5, 0.6) is 0 Å². The molecule has 0 saturated heterocycles. The first kappa shape index (κ1) is 19.7. The summed E-state index contributed by atoms with van der Waals surface area (Å²) in [5.74, 6) is -0.0614. The monoisotopic (exact) mass is 446 g/mol. The molecule has 0 amide bonds. The van der Waals surface area contributed by atoms with Crippen LogP contribution < -0.4 is 5.43 Å². The summed E-state index contributed by atoms with van der Waals surface area (Å²) in [6.07, 6.45) is 0.834. The van der Waals surface area contributed by atoms with E-state index >= 15 is 0 Å². The number of aromatic nitrogens is 2. The Bertz CT molecular complexity index is 1310. The molecular formula is C23H18N4O2S2. The van der Waals surface area contributed by atoms with Crippen molar-refractivity contribution in [1.82, 2.24) is 9.97 Å². The SMILES string of the molecule is Cc1ccc(-c2ccc3c(c2)/C(=N/Nc2nc4ccccc4s2)CCS3)nc1C(=O)O. The van der Waals surface area contributed by atoms with Gasteiger partial charge in [0.1, 0.15) is 0 Å². The Morgan fingerprint density at radius 3 is 2.84 bits per heavy atom. The maximum atomic E-state index is 11.5. The number of thioether (sulfide) groups is 1. The molecule has 1 aliphatic heterocycles. The van der Waals surface area contributed by atoms with Gasteiger partial charge in [-0.25, -0.2) is 14.8 Å². The Balaban J connectivity index is 1.49. The number of hydrazone groups is 1. The number of pyridine rings is 1. The molecule has 6 nitrogen and oxygen atoms in total. The number of para-hydroxylation sites is 1. The molecule has 4 aromatic rings. The number of hydrogen-bond acceptors (Lipinski definition) is 7. The van der Waals surface area contributed by atoms with Crippen LogP contribution >= 0.6 is 23.1 Å². The zero-order chi connectivity index (χ0) is 21.4. The molecule has 31 heavy (non-hydrogen) atoms. The van der Waals surface area contributed by atoms with Crippen molar-refractivity contribution in [3.05, 3.63) is 71.4 Å². The first-order valence-electron chi connectivity index (χ1n) is 9.75. The fourth-order valence-corrected chi connectivity index (χ4v) is 5.31. The van der Waals surface area contributed by atoms with Crippen molar-refractivity contribution < 1.29 is 9.90 Å². The molecular weight excluding hydrogens is 428 g/mol. The number of fused-ring (bicyclic) bond motifs is 2. The highest BCUT2D eigenvalue weighted by molar-refractivity contribution is 7.99. The Hall–Kier alpha value is -3.23. The number of benzene rings is 2. The molecule has 5 rings (SSSR count). The molecule has 0 bridgehead atoms. The van der Waals surface area contributed by atoms with Crippen LogP contribution in [0.25, 0.3) is 21.5 Å². The van der Waals surface area contributed by atoms with Crippen LogP contribution in [0.1, 0.15) is 28.0 Å². The van der Waals surface area contributed by atoms with Crippen LogP contribution in [0.3, 0.4) is 0 Å². The summed E-state index contributed by atoms with van der Waals surface area (Å²) in [5, 5.41) is 14.8. The molecule has 2 aromatic heterocycles. The van der Waals surface area contributed by atoms with Gasteiger partial charge in [-0.05, 0) is 42.8 Å². The third kappa shape index (κ3) is 3.92. The maximum Gasteiger partial charge on any atom is 0.354 e. The van der Waals surface area contributed by atoms with Gasteiger partial charge in [0.25, 0.3) is 0 Å². The fourth-order valence-electron chi connectivity index (χ4n) is 3.49. The lowest BCUT2D eigenvalue weighted by molar-refractivity contribution is 0.0690. The first-order chi connectivity index (χ1) is 15.1. The van der Waals surface area contributed by atoms with Crippen molar-refractivity contribution in [2.45, 2.75) is 18.2 Å². The maximum absolute atomic E-state index is 11.5. The molecule has 2 N–H and O–H groups in total. The summed E-state index contributed by atoms with van der Waals surface area (Å²) in [4.78, 5) is 21.6. The van der Waals surface area contributed by atoms with E-state index in [0.717, 1.165) is 49.3 Å². The van der Waals surface area contributed by atoms with E-state index < -0.39 is 5.97 Å². The second-order valence-electron chi connectivity index (χ2n) is 7.13. The standard InChI is InChI=1S/C23H18N4O2S2/c1-13-6-8-16(24-21(13)22(28)29)14-7-9-19-15(12-14)17(10-11-30-19)26-27-23-25-18-4-2-3-5-20(18)31-23/h2-9,12H,10-11H2,1H3,(H,25,27)(H,28,29)/b26-17+. The summed E-state index contributed by atoms with van der Waals surface area (Å²) < 4.78 is 1.12. The number of hydrogen-bond donors (Lipinski definition) is 2. The van der Waals surface area contributed by atoms with Crippen LogP contribution in [0.2, 0.25) is 0 Å². The number of carboxylic acid groups (broad SMARTS) is 1. The van der Waals surface area contributed by atoms with E-state index in [9.17, 15) is 9.90 Å². The Labute approximate surface area is 187 Å². The lowest BCUT2D eigenvalue weighted by Crippen LogP contribution is -2.12. The van der Waals surface area contributed by atoms with Gasteiger partial charge in [0.2, 0.25) is 5.13 Å². The van der Waals surface area contributed by atoms with Gasteiger partial charge >= 0.3 is 5.97 Å². The second kappa shape index (κ2) is 8.13. The Morgan fingerprint density at radius 1 is 1.13 bits per heavy atom. The highest BCUT2D eigenvalue weighted by atomic mass is 32.2. The molecule has 0 spiro atoms. The number of carboxylic acids is 1. The van der Waals surface area contributed by atoms with Crippen molar-refractivity contribution >= 4 is 50.1 Å². The first-order valence-corrected chi connectivity index (χ1v) is 11.6. The average molecular weight is 447 g/mol. The Kier molecular flexibility index (Phi) is 5.17. The van der Waals surface area contributed by atoms with E-state index in [4.69, 9.17) is 0 Å². The summed E-state index contributed by atoms with van der Waals surface area (Å²) in [6, 6.07) is 17.8. The molecule has 8 heteroatoms. The minimum atomic E-state index is -1.02. The number of rotatable bonds is 4. The van der Waals surface area contributed by atoms with Crippen molar-refractivity contribution in [2.75, 3.05) is 11.2 Å².